The van der Waals surface area contributed by atoms with Crippen LogP contribution in [0.15, 0.2) is 10.6 Å². The van der Waals surface area contributed by atoms with Crippen molar-refractivity contribution in [2.45, 2.75) is 83.1 Å². The number of carbonyl (C=O) groups excluding carboxylic acids is 2. The first-order chi connectivity index (χ1) is 12.6. The molecule has 3 aliphatic rings. The highest BCUT2D eigenvalue weighted by molar-refractivity contribution is 5.92. The molecule has 3 saturated carbocycles. The topological polar surface area (TPSA) is 72.2 Å². The van der Waals surface area contributed by atoms with Gasteiger partial charge in [0.1, 0.15) is 11.5 Å². The minimum absolute atomic E-state index is 0.125. The highest BCUT2D eigenvalue weighted by atomic mass is 16.5. The number of ketones is 1. The first kappa shape index (κ1) is 17.7. The maximum absolute atomic E-state index is 12.5. The van der Waals surface area contributed by atoms with Gasteiger partial charge in [-0.05, 0) is 69.6 Å². The molecule has 1 N–H and O–H groups in total. The molecular weight excluding hydrogens is 328 g/mol. The number of nitrogens with one attached hydrogen (secondary N) is 1. The Bertz CT molecular complexity index is 656. The lowest BCUT2D eigenvalue weighted by Crippen LogP contribution is -2.38. The van der Waals surface area contributed by atoms with Crippen LogP contribution in [-0.4, -0.2) is 22.9 Å². The Morgan fingerprint density at radius 2 is 1.88 bits per heavy atom. The second-order valence-electron chi connectivity index (χ2n) is 8.87. The first-order valence-corrected chi connectivity index (χ1v) is 10.4. The third-order valence-corrected chi connectivity index (χ3v) is 6.56. The maximum atomic E-state index is 12.5. The normalized spacial score (nSPS) is 31.7. The first-order valence-electron chi connectivity index (χ1n) is 10.4. The fourth-order valence-corrected chi connectivity index (χ4v) is 4.68. The molecule has 0 aliphatic heterocycles. The van der Waals surface area contributed by atoms with Gasteiger partial charge in [0.25, 0.3) is 5.91 Å². The lowest BCUT2D eigenvalue weighted by atomic mass is 9.81. The van der Waals surface area contributed by atoms with Crippen LogP contribution in [0.1, 0.15) is 93.3 Å². The highest BCUT2D eigenvalue weighted by Gasteiger charge is 2.32. The third-order valence-electron chi connectivity index (χ3n) is 6.56. The smallest absolute Gasteiger partial charge is 0.273 e. The van der Waals surface area contributed by atoms with Crippen molar-refractivity contribution in [2.24, 2.45) is 17.8 Å². The van der Waals surface area contributed by atoms with Gasteiger partial charge < -0.3 is 9.84 Å². The number of carbonyl (C=O) groups is 2. The lowest BCUT2D eigenvalue weighted by molar-refractivity contribution is -0.124. The summed E-state index contributed by atoms with van der Waals surface area (Å²) in [5.41, 5.74) is 0.402. The zero-order chi connectivity index (χ0) is 18.1. The van der Waals surface area contributed by atoms with Crippen molar-refractivity contribution in [3.8, 4) is 0 Å². The second kappa shape index (κ2) is 7.53. The minimum atomic E-state index is -0.125. The van der Waals surface area contributed by atoms with Gasteiger partial charge in [-0.15, -0.1) is 0 Å². The van der Waals surface area contributed by atoms with E-state index in [0.29, 0.717) is 35.1 Å². The number of rotatable bonds is 6. The number of hydrogen-bond donors (Lipinski definition) is 1. The van der Waals surface area contributed by atoms with Crippen LogP contribution >= 0.6 is 0 Å². The van der Waals surface area contributed by atoms with E-state index in [1.54, 1.807) is 6.07 Å². The van der Waals surface area contributed by atoms with E-state index in [1.165, 1.54) is 6.42 Å². The van der Waals surface area contributed by atoms with Crippen LogP contribution < -0.4 is 5.32 Å². The molecule has 0 spiro atoms. The van der Waals surface area contributed by atoms with E-state index >= 15 is 0 Å². The summed E-state index contributed by atoms with van der Waals surface area (Å²) in [6, 6.07) is 1.99. The van der Waals surface area contributed by atoms with Gasteiger partial charge in [0.05, 0.1) is 0 Å². The number of hydrogen-bond acceptors (Lipinski definition) is 4. The maximum Gasteiger partial charge on any atom is 0.273 e. The molecule has 0 aromatic carbocycles. The Morgan fingerprint density at radius 3 is 2.54 bits per heavy atom. The molecule has 1 heterocycles. The molecule has 5 nitrogen and oxygen atoms in total. The van der Waals surface area contributed by atoms with Gasteiger partial charge in [0.15, 0.2) is 5.69 Å². The van der Waals surface area contributed by atoms with E-state index in [2.05, 4.69) is 17.4 Å². The van der Waals surface area contributed by atoms with E-state index in [4.69, 9.17) is 4.52 Å². The van der Waals surface area contributed by atoms with Crippen LogP contribution in [0.3, 0.4) is 0 Å². The zero-order valence-electron chi connectivity index (χ0n) is 15.7. The Balaban J connectivity index is 1.20. The van der Waals surface area contributed by atoms with Gasteiger partial charge in [0, 0.05) is 30.4 Å². The summed E-state index contributed by atoms with van der Waals surface area (Å²) < 4.78 is 5.27. The van der Waals surface area contributed by atoms with Crippen molar-refractivity contribution >= 4 is 11.7 Å². The number of aromatic nitrogens is 1. The Kier molecular flexibility index (Phi) is 5.14. The molecule has 0 bridgehead atoms. The van der Waals surface area contributed by atoms with Crippen LogP contribution in [0.4, 0.5) is 0 Å². The van der Waals surface area contributed by atoms with E-state index < -0.39 is 0 Å². The molecule has 4 rings (SSSR count). The fourth-order valence-electron chi connectivity index (χ4n) is 4.68. The van der Waals surface area contributed by atoms with Crippen molar-refractivity contribution in [1.82, 2.24) is 10.5 Å². The van der Waals surface area contributed by atoms with Crippen molar-refractivity contribution in [2.75, 3.05) is 0 Å². The van der Waals surface area contributed by atoms with Crippen molar-refractivity contribution in [3.05, 3.63) is 17.5 Å². The molecule has 0 unspecified atom stereocenters. The summed E-state index contributed by atoms with van der Waals surface area (Å²) in [4.78, 5) is 24.8. The predicted octanol–water partition coefficient (Wildman–Crippen LogP) is 4.24. The summed E-state index contributed by atoms with van der Waals surface area (Å²) in [7, 11) is 0. The average molecular weight is 358 g/mol. The molecule has 26 heavy (non-hydrogen) atoms. The van der Waals surface area contributed by atoms with Gasteiger partial charge in [-0.25, -0.2) is 0 Å². The Labute approximate surface area is 155 Å². The molecule has 3 aliphatic carbocycles. The standard InChI is InChI=1S/C21H30N2O3/c1-13-2-5-16(10-13)19(24)11-14-3-8-17(9-4-14)22-21(25)18-12-20(26-23-18)15-6-7-15/h12-17H,2-11H2,1H3,(H,22,25)/t13-,14?,16+,17?/m1/s1. The van der Waals surface area contributed by atoms with Crippen LogP contribution in [-0.2, 0) is 4.79 Å². The fraction of sp³-hybridized carbons (Fsp3) is 0.762. The third kappa shape index (κ3) is 4.18. The van der Waals surface area contributed by atoms with Crippen LogP contribution in [0.25, 0.3) is 0 Å². The van der Waals surface area contributed by atoms with Gasteiger partial charge >= 0.3 is 0 Å². The van der Waals surface area contributed by atoms with Crippen LogP contribution in [0, 0.1) is 17.8 Å². The van der Waals surface area contributed by atoms with Gasteiger partial charge in [-0.2, -0.15) is 0 Å². The van der Waals surface area contributed by atoms with Crippen LogP contribution in [0.2, 0.25) is 0 Å². The average Bonchev–Trinajstić information content (AvgIpc) is 3.19. The number of nitrogens with zero attached hydrogens (tertiary/aromatic N) is 1. The van der Waals surface area contributed by atoms with Crippen molar-refractivity contribution in [3.63, 3.8) is 0 Å². The molecule has 1 amide bonds. The Hall–Kier alpha value is -1.65. The van der Waals surface area contributed by atoms with E-state index in [1.807, 2.05) is 0 Å². The SMILES string of the molecule is C[C@@H]1CC[C@H](C(=O)CC2CCC(NC(=O)c3cc(C4CC4)on3)CC2)C1. The molecule has 0 radical (unpaired) electrons. The molecule has 2 atom stereocenters. The molecule has 1 aromatic rings. The van der Waals surface area contributed by atoms with Crippen LogP contribution in [0.5, 0.6) is 0 Å². The Morgan fingerprint density at radius 1 is 1.12 bits per heavy atom. The molecule has 0 saturated heterocycles. The molecular formula is C21H30N2O3. The molecule has 3 fully saturated rings. The number of Topliss-reactive ketones (excluding diaryl/α,β-unsaturated/α-hetero) is 1. The second-order valence-corrected chi connectivity index (χ2v) is 8.87. The largest absolute Gasteiger partial charge is 0.360 e. The molecule has 5 heteroatoms. The zero-order valence-corrected chi connectivity index (χ0v) is 15.7. The summed E-state index contributed by atoms with van der Waals surface area (Å²) in [5, 5.41) is 7.01. The van der Waals surface area contributed by atoms with Gasteiger partial charge in [-0.1, -0.05) is 12.1 Å². The summed E-state index contributed by atoms with van der Waals surface area (Å²) in [6.45, 7) is 2.25. The lowest BCUT2D eigenvalue weighted by Gasteiger charge is -2.29. The van der Waals surface area contributed by atoms with Gasteiger partial charge in [0.2, 0.25) is 0 Å². The highest BCUT2D eigenvalue weighted by Crippen LogP contribution is 2.40. The molecule has 142 valence electrons. The molecule has 1 aromatic heterocycles. The summed E-state index contributed by atoms with van der Waals surface area (Å²) in [5.74, 6) is 3.21. The van der Waals surface area contributed by atoms with Gasteiger partial charge in [-0.3, -0.25) is 9.59 Å². The summed E-state index contributed by atoms with van der Waals surface area (Å²) in [6.07, 6.45) is 10.4. The van der Waals surface area contributed by atoms with E-state index in [9.17, 15) is 9.59 Å². The van der Waals surface area contributed by atoms with Crippen molar-refractivity contribution in [1.29, 1.82) is 0 Å². The summed E-state index contributed by atoms with van der Waals surface area (Å²) >= 11 is 0. The minimum Gasteiger partial charge on any atom is -0.360 e. The predicted molar refractivity (Wildman–Crippen MR) is 97.8 cm³/mol. The number of amides is 1. The monoisotopic (exact) mass is 358 g/mol. The quantitative estimate of drug-likeness (QED) is 0.826. The van der Waals surface area contributed by atoms with E-state index in [-0.39, 0.29) is 11.9 Å². The van der Waals surface area contributed by atoms with Crippen molar-refractivity contribution < 1.29 is 14.1 Å². The van der Waals surface area contributed by atoms with E-state index in [0.717, 1.165) is 63.5 Å².